The van der Waals surface area contributed by atoms with E-state index in [1.165, 1.54) is 5.57 Å². The van der Waals surface area contributed by atoms with Gasteiger partial charge in [-0.1, -0.05) is 39.2 Å². The van der Waals surface area contributed by atoms with Crippen molar-refractivity contribution in [3.63, 3.8) is 0 Å². The van der Waals surface area contributed by atoms with Gasteiger partial charge in [0.2, 0.25) is 0 Å². The monoisotopic (exact) mass is 342 g/mol. The molecule has 1 aromatic rings. The molecule has 1 amide bonds. The number of carbonyl (C=O) groups excluding carboxylic acids is 1. The number of carbonyl (C=O) groups is 1. The molecule has 0 unspecified atom stereocenters. The van der Waals surface area contributed by atoms with Gasteiger partial charge in [-0.05, 0) is 37.6 Å². The van der Waals surface area contributed by atoms with Crippen LogP contribution in [0.25, 0.3) is 0 Å². The summed E-state index contributed by atoms with van der Waals surface area (Å²) in [5.41, 5.74) is 1.91. The molecule has 1 heterocycles. The lowest BCUT2D eigenvalue weighted by molar-refractivity contribution is 0.0954. The van der Waals surface area contributed by atoms with E-state index in [0.717, 1.165) is 30.4 Å². The van der Waals surface area contributed by atoms with Crippen LogP contribution in [0.4, 0.5) is 0 Å². The molecule has 0 radical (unpaired) electrons. The van der Waals surface area contributed by atoms with E-state index in [-0.39, 0.29) is 5.91 Å². The molecule has 2 N–H and O–H groups in total. The molecule has 5 heteroatoms. The summed E-state index contributed by atoms with van der Waals surface area (Å²) in [4.78, 5) is 12.0. The van der Waals surface area contributed by atoms with Crippen LogP contribution >= 0.6 is 27.5 Å². The normalized spacial score (nSPS) is 14.9. The molecular formula is C14H16BrClN2O. The van der Waals surface area contributed by atoms with Gasteiger partial charge in [-0.25, -0.2) is 0 Å². The summed E-state index contributed by atoms with van der Waals surface area (Å²) in [6, 6.07) is 5.27. The summed E-state index contributed by atoms with van der Waals surface area (Å²) < 4.78 is 0.850. The van der Waals surface area contributed by atoms with Crippen molar-refractivity contribution in [1.82, 2.24) is 10.6 Å². The summed E-state index contributed by atoms with van der Waals surface area (Å²) in [6.45, 7) is 2.60. The van der Waals surface area contributed by atoms with Gasteiger partial charge in [0.25, 0.3) is 5.91 Å². The minimum Gasteiger partial charge on any atom is -0.352 e. The molecule has 0 spiro atoms. The molecule has 0 aliphatic carbocycles. The average Bonchev–Trinajstić information content (AvgIpc) is 2.42. The fourth-order valence-electron chi connectivity index (χ4n) is 2.00. The van der Waals surface area contributed by atoms with Crippen molar-refractivity contribution >= 4 is 33.4 Å². The zero-order chi connectivity index (χ0) is 13.7. The Labute approximate surface area is 126 Å². The second-order valence-corrected chi connectivity index (χ2v) is 5.77. The highest BCUT2D eigenvalue weighted by Crippen LogP contribution is 2.20. The standard InChI is InChI=1S/C14H16BrClN2O/c15-11-1-2-13(16)12(9-11)14(19)18-8-5-10-3-6-17-7-4-10/h1-3,9,17H,4-8H2,(H,18,19). The minimum atomic E-state index is -0.124. The number of hydrogen-bond donors (Lipinski definition) is 2. The maximum Gasteiger partial charge on any atom is 0.252 e. The van der Waals surface area contributed by atoms with Gasteiger partial charge in [0, 0.05) is 17.6 Å². The van der Waals surface area contributed by atoms with Gasteiger partial charge in [0.1, 0.15) is 0 Å². The van der Waals surface area contributed by atoms with Gasteiger partial charge in [0.05, 0.1) is 10.6 Å². The first kappa shape index (κ1) is 14.6. The summed E-state index contributed by atoms with van der Waals surface area (Å²) in [5, 5.41) is 6.65. The second-order valence-electron chi connectivity index (χ2n) is 4.45. The quantitative estimate of drug-likeness (QED) is 0.825. The number of benzene rings is 1. The smallest absolute Gasteiger partial charge is 0.252 e. The Hall–Kier alpha value is -0.840. The van der Waals surface area contributed by atoms with Crippen LogP contribution in [0.5, 0.6) is 0 Å². The van der Waals surface area contributed by atoms with E-state index < -0.39 is 0 Å². The highest BCUT2D eigenvalue weighted by atomic mass is 79.9. The van der Waals surface area contributed by atoms with Gasteiger partial charge in [-0.2, -0.15) is 0 Å². The summed E-state index contributed by atoms with van der Waals surface area (Å²) in [6.07, 6.45) is 4.16. The van der Waals surface area contributed by atoms with E-state index in [9.17, 15) is 4.79 Å². The van der Waals surface area contributed by atoms with Crippen molar-refractivity contribution in [1.29, 1.82) is 0 Å². The lowest BCUT2D eigenvalue weighted by atomic mass is 10.1. The third kappa shape index (κ3) is 4.34. The van der Waals surface area contributed by atoms with Crippen LogP contribution in [0.3, 0.4) is 0 Å². The van der Waals surface area contributed by atoms with Gasteiger partial charge in [-0.3, -0.25) is 4.79 Å². The molecule has 0 saturated carbocycles. The predicted octanol–water partition coefficient (Wildman–Crippen LogP) is 3.14. The molecular weight excluding hydrogens is 328 g/mol. The van der Waals surface area contributed by atoms with E-state index >= 15 is 0 Å². The first-order valence-corrected chi connectivity index (χ1v) is 7.46. The second kappa shape index (κ2) is 7.08. The molecule has 19 heavy (non-hydrogen) atoms. The molecule has 1 aromatic carbocycles. The van der Waals surface area contributed by atoms with Gasteiger partial charge < -0.3 is 10.6 Å². The number of hydrogen-bond acceptors (Lipinski definition) is 2. The van der Waals surface area contributed by atoms with E-state index in [2.05, 4.69) is 32.6 Å². The zero-order valence-corrected chi connectivity index (χ0v) is 12.9. The van der Waals surface area contributed by atoms with Crippen molar-refractivity contribution in [2.45, 2.75) is 12.8 Å². The molecule has 0 bridgehead atoms. The van der Waals surface area contributed by atoms with E-state index in [4.69, 9.17) is 11.6 Å². The van der Waals surface area contributed by atoms with Crippen molar-refractivity contribution in [3.05, 3.63) is 44.9 Å². The van der Waals surface area contributed by atoms with E-state index in [1.807, 2.05) is 6.07 Å². The first-order chi connectivity index (χ1) is 9.16. The van der Waals surface area contributed by atoms with Crippen LogP contribution < -0.4 is 10.6 Å². The van der Waals surface area contributed by atoms with Crippen LogP contribution in [0.15, 0.2) is 34.3 Å². The molecule has 102 valence electrons. The van der Waals surface area contributed by atoms with Crippen LogP contribution in [0.2, 0.25) is 5.02 Å². The molecule has 3 nitrogen and oxygen atoms in total. The fraction of sp³-hybridized carbons (Fsp3) is 0.357. The third-order valence-corrected chi connectivity index (χ3v) is 3.89. The number of nitrogens with one attached hydrogen (secondary N) is 2. The van der Waals surface area contributed by atoms with Crippen molar-refractivity contribution < 1.29 is 4.79 Å². The molecule has 0 aromatic heterocycles. The number of amides is 1. The van der Waals surface area contributed by atoms with Crippen LogP contribution in [0, 0.1) is 0 Å². The largest absolute Gasteiger partial charge is 0.352 e. The van der Waals surface area contributed by atoms with Crippen molar-refractivity contribution in [2.24, 2.45) is 0 Å². The lowest BCUT2D eigenvalue weighted by Gasteiger charge is -2.14. The summed E-state index contributed by atoms with van der Waals surface area (Å²) in [7, 11) is 0. The highest BCUT2D eigenvalue weighted by Gasteiger charge is 2.10. The Morgan fingerprint density at radius 1 is 1.47 bits per heavy atom. The Morgan fingerprint density at radius 3 is 3.05 bits per heavy atom. The summed E-state index contributed by atoms with van der Waals surface area (Å²) in [5.74, 6) is -0.124. The zero-order valence-electron chi connectivity index (χ0n) is 10.5. The van der Waals surface area contributed by atoms with Gasteiger partial charge in [0.15, 0.2) is 0 Å². The summed E-state index contributed by atoms with van der Waals surface area (Å²) >= 11 is 9.36. The first-order valence-electron chi connectivity index (χ1n) is 6.28. The highest BCUT2D eigenvalue weighted by molar-refractivity contribution is 9.10. The Kier molecular flexibility index (Phi) is 5.43. The van der Waals surface area contributed by atoms with Crippen LogP contribution in [0.1, 0.15) is 23.2 Å². The molecule has 2 rings (SSSR count). The van der Waals surface area contributed by atoms with Crippen LogP contribution in [-0.2, 0) is 0 Å². The van der Waals surface area contributed by atoms with Crippen molar-refractivity contribution in [3.8, 4) is 0 Å². The fourth-order valence-corrected chi connectivity index (χ4v) is 2.56. The molecule has 0 atom stereocenters. The van der Waals surface area contributed by atoms with E-state index in [0.29, 0.717) is 17.1 Å². The van der Waals surface area contributed by atoms with Crippen molar-refractivity contribution in [2.75, 3.05) is 19.6 Å². The number of halogens is 2. The Bertz CT molecular complexity index is 502. The SMILES string of the molecule is O=C(NCCC1=CCNCC1)c1cc(Br)ccc1Cl. The number of rotatable bonds is 4. The Balaban J connectivity index is 1.87. The maximum atomic E-state index is 12.0. The lowest BCUT2D eigenvalue weighted by Crippen LogP contribution is -2.26. The molecule has 1 aliphatic heterocycles. The molecule has 0 fully saturated rings. The molecule has 0 saturated heterocycles. The van der Waals surface area contributed by atoms with Crippen LogP contribution in [-0.4, -0.2) is 25.5 Å². The Morgan fingerprint density at radius 2 is 2.32 bits per heavy atom. The van der Waals surface area contributed by atoms with Gasteiger partial charge in [-0.15, -0.1) is 0 Å². The van der Waals surface area contributed by atoms with E-state index in [1.54, 1.807) is 12.1 Å². The molecule has 1 aliphatic rings. The predicted molar refractivity (Wildman–Crippen MR) is 81.7 cm³/mol. The van der Waals surface area contributed by atoms with Gasteiger partial charge >= 0.3 is 0 Å². The topological polar surface area (TPSA) is 41.1 Å². The minimum absolute atomic E-state index is 0.124. The maximum absolute atomic E-state index is 12.0. The average molecular weight is 344 g/mol. The third-order valence-electron chi connectivity index (χ3n) is 3.06.